The summed E-state index contributed by atoms with van der Waals surface area (Å²) in [7, 11) is 0. The molecule has 4 rings (SSSR count). The van der Waals surface area contributed by atoms with Crippen molar-refractivity contribution in [1.29, 1.82) is 0 Å². The maximum atomic E-state index is 6.37. The minimum absolute atomic E-state index is 0.180. The van der Waals surface area contributed by atoms with Crippen molar-refractivity contribution >= 4 is 17.1 Å². The molecule has 0 spiro atoms. The van der Waals surface area contributed by atoms with E-state index in [9.17, 15) is 0 Å². The van der Waals surface area contributed by atoms with Gasteiger partial charge in [-0.05, 0) is 42.5 Å². The van der Waals surface area contributed by atoms with Crippen LogP contribution in [0.3, 0.4) is 0 Å². The van der Waals surface area contributed by atoms with Crippen LogP contribution in [0, 0.1) is 6.92 Å². The molecule has 0 aliphatic carbocycles. The summed E-state index contributed by atoms with van der Waals surface area (Å²) >= 11 is 1.72. The molecule has 0 saturated carbocycles. The third-order valence-corrected chi connectivity index (χ3v) is 5.47. The third-order valence-electron chi connectivity index (χ3n) is 4.61. The minimum Gasteiger partial charge on any atom is -0.455 e. The zero-order valence-corrected chi connectivity index (χ0v) is 15.2. The lowest BCUT2D eigenvalue weighted by atomic mass is 9.80. The van der Waals surface area contributed by atoms with E-state index in [1.807, 2.05) is 6.07 Å². The van der Waals surface area contributed by atoms with Gasteiger partial charge in [0.15, 0.2) is 0 Å². The maximum Gasteiger partial charge on any atom is 0.148 e. The van der Waals surface area contributed by atoms with Gasteiger partial charge in [0.25, 0.3) is 0 Å². The molecule has 1 atom stereocenters. The molecule has 0 saturated heterocycles. The van der Waals surface area contributed by atoms with Crippen molar-refractivity contribution in [3.8, 4) is 5.75 Å². The van der Waals surface area contributed by atoms with E-state index in [1.165, 1.54) is 27.1 Å². The SMILES string of the molecule is C/C=C/C1=C(c2cccs2)Oc2ccccc2[C@@H]1c1ccccc1C. The molecule has 1 aliphatic rings. The van der Waals surface area contributed by atoms with Crippen LogP contribution in [0.2, 0.25) is 0 Å². The molecule has 0 bridgehead atoms. The van der Waals surface area contributed by atoms with Crippen molar-refractivity contribution in [2.75, 3.05) is 0 Å². The summed E-state index contributed by atoms with van der Waals surface area (Å²) < 4.78 is 6.37. The van der Waals surface area contributed by atoms with E-state index < -0.39 is 0 Å². The first-order chi connectivity index (χ1) is 12.3. The Labute approximate surface area is 152 Å². The van der Waals surface area contributed by atoms with Gasteiger partial charge in [0.1, 0.15) is 11.5 Å². The summed E-state index contributed by atoms with van der Waals surface area (Å²) in [4.78, 5) is 1.17. The summed E-state index contributed by atoms with van der Waals surface area (Å²) in [5.74, 6) is 2.10. The molecule has 0 radical (unpaired) electrons. The van der Waals surface area contributed by atoms with Gasteiger partial charge >= 0.3 is 0 Å². The number of hydrogen-bond donors (Lipinski definition) is 0. The number of hydrogen-bond acceptors (Lipinski definition) is 2. The van der Waals surface area contributed by atoms with Gasteiger partial charge in [-0.3, -0.25) is 0 Å². The maximum absolute atomic E-state index is 6.37. The molecule has 0 fully saturated rings. The Bertz CT molecular complexity index is 948. The molecule has 0 amide bonds. The molecule has 1 nitrogen and oxygen atoms in total. The lowest BCUT2D eigenvalue weighted by molar-refractivity contribution is 0.488. The van der Waals surface area contributed by atoms with Gasteiger partial charge in [-0.25, -0.2) is 0 Å². The first-order valence-corrected chi connectivity index (χ1v) is 9.40. The van der Waals surface area contributed by atoms with E-state index in [4.69, 9.17) is 4.74 Å². The molecular weight excluding hydrogens is 324 g/mol. The summed E-state index contributed by atoms with van der Waals surface area (Å²) in [5.41, 5.74) is 5.08. The Balaban J connectivity index is 2.01. The Morgan fingerprint density at radius 3 is 2.40 bits per heavy atom. The van der Waals surface area contributed by atoms with Crippen molar-refractivity contribution in [1.82, 2.24) is 0 Å². The topological polar surface area (TPSA) is 9.23 Å². The zero-order chi connectivity index (χ0) is 17.2. The number of allylic oxidation sites excluding steroid dienone is 3. The highest BCUT2D eigenvalue weighted by Crippen LogP contribution is 2.47. The van der Waals surface area contributed by atoms with Gasteiger partial charge in [-0.15, -0.1) is 11.3 Å². The smallest absolute Gasteiger partial charge is 0.148 e. The molecule has 1 aliphatic heterocycles. The normalized spacial score (nSPS) is 16.8. The average molecular weight is 344 g/mol. The van der Waals surface area contributed by atoms with Gasteiger partial charge in [0, 0.05) is 17.1 Å². The van der Waals surface area contributed by atoms with Gasteiger partial charge in [0.05, 0.1) is 4.88 Å². The number of benzene rings is 2. The van der Waals surface area contributed by atoms with Crippen molar-refractivity contribution in [3.63, 3.8) is 0 Å². The second-order valence-electron chi connectivity index (χ2n) is 6.19. The van der Waals surface area contributed by atoms with Crippen molar-refractivity contribution in [2.45, 2.75) is 19.8 Å². The van der Waals surface area contributed by atoms with Crippen LogP contribution in [0.1, 0.15) is 34.4 Å². The zero-order valence-electron chi connectivity index (χ0n) is 14.4. The highest BCUT2D eigenvalue weighted by molar-refractivity contribution is 7.11. The van der Waals surface area contributed by atoms with Crippen LogP contribution in [-0.2, 0) is 0 Å². The quantitative estimate of drug-likeness (QED) is 0.522. The molecule has 124 valence electrons. The van der Waals surface area contributed by atoms with Gasteiger partial charge in [0.2, 0.25) is 0 Å². The largest absolute Gasteiger partial charge is 0.455 e. The summed E-state index contributed by atoms with van der Waals surface area (Å²) in [6.07, 6.45) is 4.30. The Morgan fingerprint density at radius 1 is 0.920 bits per heavy atom. The Hall–Kier alpha value is -2.58. The first kappa shape index (κ1) is 15.9. The standard InChI is InChI=1S/C23H20OS/c1-3-9-19-22(17-11-5-4-10-16(17)2)18-12-6-7-13-20(18)24-23(19)21-14-8-15-25-21/h3-15,22H,1-2H3/b9-3+/t22-/m0/s1. The lowest BCUT2D eigenvalue weighted by Gasteiger charge is -2.30. The van der Waals surface area contributed by atoms with E-state index in [2.05, 4.69) is 86.0 Å². The number of thiophene rings is 1. The van der Waals surface area contributed by atoms with E-state index in [1.54, 1.807) is 11.3 Å². The van der Waals surface area contributed by atoms with Crippen LogP contribution in [-0.4, -0.2) is 0 Å². The molecule has 1 aromatic heterocycles. The van der Waals surface area contributed by atoms with E-state index in [0.29, 0.717) is 0 Å². The molecular formula is C23H20OS. The number of rotatable bonds is 3. The lowest BCUT2D eigenvalue weighted by Crippen LogP contribution is -2.15. The van der Waals surface area contributed by atoms with Crippen LogP contribution in [0.4, 0.5) is 0 Å². The predicted octanol–water partition coefficient (Wildman–Crippen LogP) is 6.57. The van der Waals surface area contributed by atoms with Gasteiger partial charge in [-0.1, -0.05) is 60.7 Å². The van der Waals surface area contributed by atoms with Crippen LogP contribution >= 0.6 is 11.3 Å². The second-order valence-corrected chi connectivity index (χ2v) is 7.14. The van der Waals surface area contributed by atoms with Crippen molar-refractivity contribution in [2.24, 2.45) is 0 Å². The van der Waals surface area contributed by atoms with Crippen molar-refractivity contribution in [3.05, 3.63) is 105 Å². The average Bonchev–Trinajstić information content (AvgIpc) is 3.17. The van der Waals surface area contributed by atoms with Gasteiger partial charge < -0.3 is 4.74 Å². The van der Waals surface area contributed by atoms with E-state index in [0.717, 1.165) is 11.5 Å². The van der Waals surface area contributed by atoms with E-state index in [-0.39, 0.29) is 5.92 Å². The molecule has 3 aromatic rings. The highest BCUT2D eigenvalue weighted by Gasteiger charge is 2.31. The fourth-order valence-electron chi connectivity index (χ4n) is 3.48. The number of para-hydroxylation sites is 1. The minimum atomic E-state index is 0.180. The molecule has 2 heteroatoms. The first-order valence-electron chi connectivity index (χ1n) is 8.52. The van der Waals surface area contributed by atoms with Crippen LogP contribution in [0.25, 0.3) is 5.76 Å². The summed E-state index contributed by atoms with van der Waals surface area (Å²) in [5, 5.41) is 2.10. The van der Waals surface area contributed by atoms with Gasteiger partial charge in [-0.2, -0.15) is 0 Å². The summed E-state index contributed by atoms with van der Waals surface area (Å²) in [6.45, 7) is 4.25. The predicted molar refractivity (Wildman–Crippen MR) is 106 cm³/mol. The summed E-state index contributed by atoms with van der Waals surface area (Å²) in [6, 6.07) is 21.2. The monoisotopic (exact) mass is 344 g/mol. The second kappa shape index (κ2) is 6.73. The van der Waals surface area contributed by atoms with Crippen LogP contribution in [0.15, 0.2) is 83.8 Å². The Morgan fingerprint density at radius 2 is 1.68 bits per heavy atom. The van der Waals surface area contributed by atoms with Crippen molar-refractivity contribution < 1.29 is 4.74 Å². The molecule has 2 heterocycles. The fraction of sp³-hybridized carbons (Fsp3) is 0.130. The van der Waals surface area contributed by atoms with Crippen LogP contribution in [0.5, 0.6) is 5.75 Å². The molecule has 2 aromatic carbocycles. The number of aryl methyl sites for hydroxylation is 1. The number of fused-ring (bicyclic) bond motifs is 1. The Kier molecular flexibility index (Phi) is 4.29. The molecule has 25 heavy (non-hydrogen) atoms. The molecule has 0 unspecified atom stereocenters. The van der Waals surface area contributed by atoms with Crippen LogP contribution < -0.4 is 4.74 Å². The van der Waals surface area contributed by atoms with E-state index >= 15 is 0 Å². The highest BCUT2D eigenvalue weighted by atomic mass is 32.1. The number of ether oxygens (including phenoxy) is 1. The third kappa shape index (κ3) is 2.83. The fourth-order valence-corrected chi connectivity index (χ4v) is 4.20. The molecule has 0 N–H and O–H groups in total.